The second kappa shape index (κ2) is 7.62. The van der Waals surface area contributed by atoms with Crippen LogP contribution in [0.25, 0.3) is 0 Å². The maximum atomic E-state index is 13.9. The molecule has 0 saturated heterocycles. The lowest BCUT2D eigenvalue weighted by Crippen LogP contribution is -2.36. The summed E-state index contributed by atoms with van der Waals surface area (Å²) in [7, 11) is 0. The first kappa shape index (κ1) is 19.2. The molecule has 0 aromatic heterocycles. The zero-order chi connectivity index (χ0) is 15.6. The predicted octanol–water partition coefficient (Wildman–Crippen LogP) is 4.21. The van der Waals surface area contributed by atoms with Gasteiger partial charge in [-0.05, 0) is 30.9 Å². The van der Waals surface area contributed by atoms with Crippen LogP contribution in [0.5, 0.6) is 0 Å². The van der Waals surface area contributed by atoms with E-state index in [9.17, 15) is 22.7 Å². The summed E-state index contributed by atoms with van der Waals surface area (Å²) in [6.07, 6.45) is -1.55. The Balaban J connectivity index is 0.00000242. The normalized spacial score (nSPS) is 19.4. The lowest BCUT2D eigenvalue weighted by atomic mass is 9.80. The molecule has 2 atom stereocenters. The summed E-state index contributed by atoms with van der Waals surface area (Å²) in [6, 6.07) is 1.37. The molecule has 126 valence electrons. The second-order valence-corrected chi connectivity index (χ2v) is 5.61. The van der Waals surface area contributed by atoms with Gasteiger partial charge in [-0.15, -0.1) is 12.4 Å². The van der Waals surface area contributed by atoms with Crippen LogP contribution in [0.3, 0.4) is 0 Å². The van der Waals surface area contributed by atoms with E-state index in [4.69, 9.17) is 5.73 Å². The summed E-state index contributed by atoms with van der Waals surface area (Å²) in [4.78, 5) is 0. The number of rotatable bonds is 3. The molecule has 0 aliphatic heterocycles. The number of aliphatic hydroxyl groups excluding tert-OH is 1. The van der Waals surface area contributed by atoms with Crippen molar-refractivity contribution in [2.45, 2.75) is 50.4 Å². The van der Waals surface area contributed by atoms with Gasteiger partial charge in [-0.3, -0.25) is 0 Å². The average molecular weight is 342 g/mol. The lowest BCUT2D eigenvalue weighted by Gasteiger charge is -2.31. The van der Waals surface area contributed by atoms with Gasteiger partial charge < -0.3 is 10.8 Å². The maximum absolute atomic E-state index is 13.9. The minimum atomic E-state index is -4.69. The number of benzene rings is 1. The molecular weight excluding hydrogens is 322 g/mol. The van der Waals surface area contributed by atoms with Crippen molar-refractivity contribution in [2.75, 3.05) is 0 Å². The molecule has 1 aliphatic carbocycles. The van der Waals surface area contributed by atoms with Gasteiger partial charge in [0.15, 0.2) is 0 Å². The monoisotopic (exact) mass is 341 g/mol. The molecule has 0 amide bonds. The Hall–Kier alpha value is -0.850. The fourth-order valence-electron chi connectivity index (χ4n) is 3.06. The van der Waals surface area contributed by atoms with Gasteiger partial charge in [0.1, 0.15) is 5.82 Å². The largest absolute Gasteiger partial charge is 0.416 e. The van der Waals surface area contributed by atoms with Crippen LogP contribution in [-0.4, -0.2) is 11.2 Å². The first-order chi connectivity index (χ1) is 9.82. The minimum Gasteiger partial charge on any atom is -0.391 e. The Kier molecular flexibility index (Phi) is 6.65. The summed E-state index contributed by atoms with van der Waals surface area (Å²) in [6.45, 7) is 0. The quantitative estimate of drug-likeness (QED) is 0.809. The van der Waals surface area contributed by atoms with E-state index in [1.165, 1.54) is 0 Å². The Labute approximate surface area is 133 Å². The lowest BCUT2D eigenvalue weighted by molar-refractivity contribution is -0.139. The molecule has 0 unspecified atom stereocenters. The third kappa shape index (κ3) is 4.12. The zero-order valence-electron chi connectivity index (χ0n) is 11.9. The SMILES string of the molecule is Cl.N[C@@H](c1c(F)cccc1C(F)(F)F)[C@H](O)C1CCCCC1. The van der Waals surface area contributed by atoms with Gasteiger partial charge in [-0.2, -0.15) is 13.2 Å². The van der Waals surface area contributed by atoms with Gasteiger partial charge in [0.25, 0.3) is 0 Å². The van der Waals surface area contributed by atoms with Crippen molar-refractivity contribution in [1.82, 2.24) is 0 Å². The highest BCUT2D eigenvalue weighted by molar-refractivity contribution is 5.85. The van der Waals surface area contributed by atoms with Crippen LogP contribution in [0.4, 0.5) is 17.6 Å². The summed E-state index contributed by atoms with van der Waals surface area (Å²) in [5.74, 6) is -1.19. The van der Waals surface area contributed by atoms with Crippen molar-refractivity contribution >= 4 is 12.4 Å². The van der Waals surface area contributed by atoms with E-state index in [0.717, 1.165) is 37.5 Å². The van der Waals surface area contributed by atoms with Crippen molar-refractivity contribution in [3.05, 3.63) is 35.1 Å². The third-order valence-corrected chi connectivity index (χ3v) is 4.19. The van der Waals surface area contributed by atoms with Crippen molar-refractivity contribution < 1.29 is 22.7 Å². The smallest absolute Gasteiger partial charge is 0.391 e. The van der Waals surface area contributed by atoms with Crippen molar-refractivity contribution in [1.29, 1.82) is 0 Å². The summed E-state index contributed by atoms with van der Waals surface area (Å²) in [5.41, 5.74) is 4.04. The van der Waals surface area contributed by atoms with Crippen LogP contribution in [0.2, 0.25) is 0 Å². The molecule has 1 aromatic carbocycles. The summed E-state index contributed by atoms with van der Waals surface area (Å²) < 4.78 is 52.8. The van der Waals surface area contributed by atoms with E-state index in [2.05, 4.69) is 0 Å². The molecular formula is C15H20ClF4NO. The van der Waals surface area contributed by atoms with E-state index < -0.39 is 35.3 Å². The zero-order valence-corrected chi connectivity index (χ0v) is 12.8. The standard InChI is InChI=1S/C15H19F4NO.ClH/c16-11-8-4-7-10(15(17,18)19)12(11)13(20)14(21)9-5-2-1-3-6-9;/h4,7-9,13-14,21H,1-3,5-6,20H2;1H/t13-,14+;/m0./s1. The first-order valence-electron chi connectivity index (χ1n) is 7.11. The van der Waals surface area contributed by atoms with Gasteiger partial charge in [0, 0.05) is 5.56 Å². The summed E-state index contributed by atoms with van der Waals surface area (Å²) >= 11 is 0. The molecule has 2 nitrogen and oxygen atoms in total. The first-order valence-corrected chi connectivity index (χ1v) is 7.11. The molecule has 0 spiro atoms. The number of hydrogen-bond acceptors (Lipinski definition) is 2. The number of aliphatic hydroxyl groups is 1. The van der Waals surface area contributed by atoms with E-state index in [1.54, 1.807) is 0 Å². The molecule has 1 aromatic rings. The van der Waals surface area contributed by atoms with Gasteiger partial charge >= 0.3 is 6.18 Å². The Morgan fingerprint density at radius 1 is 1.14 bits per heavy atom. The number of nitrogens with two attached hydrogens (primary N) is 1. The van der Waals surface area contributed by atoms with E-state index in [0.29, 0.717) is 12.8 Å². The summed E-state index contributed by atoms with van der Waals surface area (Å²) in [5, 5.41) is 10.3. The molecule has 1 aliphatic rings. The van der Waals surface area contributed by atoms with Crippen LogP contribution < -0.4 is 5.73 Å². The highest BCUT2D eigenvalue weighted by Crippen LogP contribution is 2.38. The number of hydrogen-bond donors (Lipinski definition) is 2. The Morgan fingerprint density at radius 2 is 1.73 bits per heavy atom. The highest BCUT2D eigenvalue weighted by atomic mass is 35.5. The molecule has 0 heterocycles. The number of halogens is 5. The van der Waals surface area contributed by atoms with Crippen molar-refractivity contribution in [2.24, 2.45) is 11.7 Å². The molecule has 0 radical (unpaired) electrons. The fraction of sp³-hybridized carbons (Fsp3) is 0.600. The third-order valence-electron chi connectivity index (χ3n) is 4.19. The minimum absolute atomic E-state index is 0. The van der Waals surface area contributed by atoms with Gasteiger partial charge in [-0.25, -0.2) is 4.39 Å². The van der Waals surface area contributed by atoms with Crippen molar-refractivity contribution in [3.8, 4) is 0 Å². The van der Waals surface area contributed by atoms with Crippen LogP contribution >= 0.6 is 12.4 Å². The fourth-order valence-corrected chi connectivity index (χ4v) is 3.06. The molecule has 1 saturated carbocycles. The Bertz CT molecular complexity index is 489. The van der Waals surface area contributed by atoms with Gasteiger partial charge in [0.2, 0.25) is 0 Å². The highest BCUT2D eigenvalue weighted by Gasteiger charge is 2.39. The molecule has 2 rings (SSSR count). The van der Waals surface area contributed by atoms with Crippen molar-refractivity contribution in [3.63, 3.8) is 0 Å². The van der Waals surface area contributed by atoms with E-state index in [1.807, 2.05) is 0 Å². The average Bonchev–Trinajstić information content (AvgIpc) is 2.45. The van der Waals surface area contributed by atoms with Crippen LogP contribution in [-0.2, 0) is 6.18 Å². The molecule has 1 fully saturated rings. The molecule has 22 heavy (non-hydrogen) atoms. The van der Waals surface area contributed by atoms with E-state index >= 15 is 0 Å². The van der Waals surface area contributed by atoms with Crippen LogP contribution in [0, 0.1) is 11.7 Å². The predicted molar refractivity (Wildman–Crippen MR) is 78.2 cm³/mol. The van der Waals surface area contributed by atoms with Gasteiger partial charge in [0.05, 0.1) is 17.7 Å². The van der Waals surface area contributed by atoms with Crippen LogP contribution in [0.1, 0.15) is 49.3 Å². The Morgan fingerprint density at radius 3 is 2.27 bits per heavy atom. The van der Waals surface area contributed by atoms with Crippen LogP contribution in [0.15, 0.2) is 18.2 Å². The van der Waals surface area contributed by atoms with E-state index in [-0.39, 0.29) is 18.3 Å². The number of alkyl halides is 3. The molecule has 7 heteroatoms. The van der Waals surface area contributed by atoms with Gasteiger partial charge in [-0.1, -0.05) is 25.3 Å². The molecule has 3 N–H and O–H groups in total. The maximum Gasteiger partial charge on any atom is 0.416 e. The topological polar surface area (TPSA) is 46.2 Å². The molecule has 0 bridgehead atoms. The second-order valence-electron chi connectivity index (χ2n) is 5.61.